The van der Waals surface area contributed by atoms with Crippen LogP contribution in [0.3, 0.4) is 0 Å². The Bertz CT molecular complexity index is 378. The molecule has 0 aliphatic carbocycles. The maximum Gasteiger partial charge on any atom is 0.144 e. The van der Waals surface area contributed by atoms with Crippen LogP contribution < -0.4 is 10.1 Å². The first-order chi connectivity index (χ1) is 8.45. The summed E-state index contributed by atoms with van der Waals surface area (Å²) < 4.78 is 5.57. The van der Waals surface area contributed by atoms with Gasteiger partial charge in [-0.05, 0) is 18.6 Å². The first-order valence-electron chi connectivity index (χ1n) is 5.63. The van der Waals surface area contributed by atoms with Crippen molar-refractivity contribution in [2.75, 3.05) is 18.5 Å². The molecule has 0 amide bonds. The van der Waals surface area contributed by atoms with E-state index in [9.17, 15) is 0 Å². The van der Waals surface area contributed by atoms with Crippen molar-refractivity contribution in [1.82, 2.24) is 9.97 Å². The number of nitrogens with one attached hydrogen (secondary N) is 1. The maximum absolute atomic E-state index is 5.57. The molecule has 2 rings (SSSR count). The minimum absolute atomic E-state index is 0.692. The Labute approximate surface area is 101 Å². The number of hydrogen-bond acceptors (Lipinski definition) is 4. The zero-order chi connectivity index (χ0) is 11.8. The van der Waals surface area contributed by atoms with E-state index in [-0.39, 0.29) is 0 Å². The van der Waals surface area contributed by atoms with E-state index < -0.39 is 0 Å². The fraction of sp³-hybridized carbons (Fsp3) is 0.231. The Hall–Kier alpha value is -2.10. The number of anilines is 1. The predicted octanol–water partition coefficient (Wildman–Crippen LogP) is 2.36. The fourth-order valence-electron chi connectivity index (χ4n) is 1.39. The first-order valence-corrected chi connectivity index (χ1v) is 5.63. The number of rotatable bonds is 6. The summed E-state index contributed by atoms with van der Waals surface area (Å²) in [7, 11) is 0. The topological polar surface area (TPSA) is 47.0 Å². The molecule has 2 aromatic rings. The first kappa shape index (κ1) is 11.4. The maximum atomic E-state index is 5.57. The van der Waals surface area contributed by atoms with Crippen molar-refractivity contribution in [2.24, 2.45) is 0 Å². The van der Waals surface area contributed by atoms with Gasteiger partial charge in [-0.15, -0.1) is 0 Å². The molecule has 0 unspecified atom stereocenters. The second kappa shape index (κ2) is 6.48. The standard InChI is InChI=1S/C13H15N3O/c1-2-5-12(6-3-1)17-10-4-7-15-13-11-14-8-9-16-13/h1-3,5-6,8-9,11H,4,7,10H2,(H,15,16). The van der Waals surface area contributed by atoms with Crippen LogP contribution in [-0.4, -0.2) is 23.1 Å². The third kappa shape index (κ3) is 4.10. The van der Waals surface area contributed by atoms with Crippen molar-refractivity contribution in [3.63, 3.8) is 0 Å². The number of para-hydroxylation sites is 1. The second-order valence-corrected chi connectivity index (χ2v) is 3.53. The zero-order valence-electron chi connectivity index (χ0n) is 9.54. The third-order valence-electron chi connectivity index (χ3n) is 2.20. The van der Waals surface area contributed by atoms with Gasteiger partial charge in [0.05, 0.1) is 12.8 Å². The summed E-state index contributed by atoms with van der Waals surface area (Å²) in [5.74, 6) is 1.71. The lowest BCUT2D eigenvalue weighted by atomic mass is 10.3. The number of hydrogen-bond donors (Lipinski definition) is 1. The van der Waals surface area contributed by atoms with Crippen molar-refractivity contribution in [2.45, 2.75) is 6.42 Å². The number of nitrogens with zero attached hydrogens (tertiary/aromatic N) is 2. The number of benzene rings is 1. The van der Waals surface area contributed by atoms with Crippen molar-refractivity contribution < 1.29 is 4.74 Å². The quantitative estimate of drug-likeness (QED) is 0.772. The molecule has 0 aliphatic rings. The van der Waals surface area contributed by atoms with Crippen LogP contribution in [0.4, 0.5) is 5.82 Å². The molecule has 1 heterocycles. The van der Waals surface area contributed by atoms with Gasteiger partial charge in [0.15, 0.2) is 0 Å². The van der Waals surface area contributed by atoms with Crippen LogP contribution in [0.1, 0.15) is 6.42 Å². The molecule has 88 valence electrons. The third-order valence-corrected chi connectivity index (χ3v) is 2.20. The van der Waals surface area contributed by atoms with Gasteiger partial charge < -0.3 is 10.1 Å². The van der Waals surface area contributed by atoms with Crippen molar-refractivity contribution in [3.05, 3.63) is 48.9 Å². The average Bonchev–Trinajstić information content (AvgIpc) is 2.41. The highest BCUT2D eigenvalue weighted by Gasteiger charge is 1.93. The molecule has 1 aromatic carbocycles. The number of ether oxygens (including phenoxy) is 1. The molecule has 0 bridgehead atoms. The monoisotopic (exact) mass is 229 g/mol. The van der Waals surface area contributed by atoms with Gasteiger partial charge in [0.2, 0.25) is 0 Å². The van der Waals surface area contributed by atoms with Crippen molar-refractivity contribution >= 4 is 5.82 Å². The molecule has 0 atom stereocenters. The van der Waals surface area contributed by atoms with Crippen LogP contribution in [0.2, 0.25) is 0 Å². The van der Waals surface area contributed by atoms with Gasteiger partial charge in [0.25, 0.3) is 0 Å². The van der Waals surface area contributed by atoms with Crippen molar-refractivity contribution in [3.8, 4) is 5.75 Å². The van der Waals surface area contributed by atoms with Gasteiger partial charge in [-0.3, -0.25) is 4.98 Å². The van der Waals surface area contributed by atoms with E-state index in [1.165, 1.54) is 0 Å². The Kier molecular flexibility index (Phi) is 4.34. The summed E-state index contributed by atoms with van der Waals surface area (Å²) in [6, 6.07) is 9.81. The normalized spacial score (nSPS) is 9.88. The molecule has 17 heavy (non-hydrogen) atoms. The van der Waals surface area contributed by atoms with Crippen LogP contribution in [0.25, 0.3) is 0 Å². The van der Waals surface area contributed by atoms with Gasteiger partial charge in [-0.1, -0.05) is 18.2 Å². The van der Waals surface area contributed by atoms with Crippen LogP contribution >= 0.6 is 0 Å². The lowest BCUT2D eigenvalue weighted by Gasteiger charge is -2.06. The van der Waals surface area contributed by atoms with Gasteiger partial charge in [0, 0.05) is 18.9 Å². The van der Waals surface area contributed by atoms with Gasteiger partial charge in [-0.2, -0.15) is 0 Å². The average molecular weight is 229 g/mol. The summed E-state index contributed by atoms with van der Waals surface area (Å²) in [4.78, 5) is 8.10. The summed E-state index contributed by atoms with van der Waals surface area (Å²) >= 11 is 0. The lowest BCUT2D eigenvalue weighted by molar-refractivity contribution is 0.315. The van der Waals surface area contributed by atoms with Gasteiger partial charge in [0.1, 0.15) is 11.6 Å². The molecule has 0 aliphatic heterocycles. The Balaban J connectivity index is 1.61. The Morgan fingerprint density at radius 3 is 2.76 bits per heavy atom. The minimum Gasteiger partial charge on any atom is -0.494 e. The van der Waals surface area contributed by atoms with E-state index in [1.54, 1.807) is 18.6 Å². The summed E-state index contributed by atoms with van der Waals surface area (Å²) in [6.07, 6.45) is 5.95. The highest BCUT2D eigenvalue weighted by molar-refractivity contribution is 5.29. The van der Waals surface area contributed by atoms with Crippen LogP contribution in [0.15, 0.2) is 48.9 Å². The number of aromatic nitrogens is 2. The van der Waals surface area contributed by atoms with Crippen molar-refractivity contribution in [1.29, 1.82) is 0 Å². The van der Waals surface area contributed by atoms with Crippen LogP contribution in [-0.2, 0) is 0 Å². The predicted molar refractivity (Wildman–Crippen MR) is 67.1 cm³/mol. The van der Waals surface area contributed by atoms with Gasteiger partial charge >= 0.3 is 0 Å². The highest BCUT2D eigenvalue weighted by Crippen LogP contribution is 2.08. The molecular formula is C13H15N3O. The van der Waals surface area contributed by atoms with E-state index >= 15 is 0 Å². The largest absolute Gasteiger partial charge is 0.494 e. The Morgan fingerprint density at radius 1 is 1.12 bits per heavy atom. The second-order valence-electron chi connectivity index (χ2n) is 3.53. The van der Waals surface area contributed by atoms with E-state index in [0.29, 0.717) is 6.61 Å². The zero-order valence-corrected chi connectivity index (χ0v) is 9.54. The molecule has 0 saturated carbocycles. The molecule has 4 nitrogen and oxygen atoms in total. The molecule has 0 radical (unpaired) electrons. The van der Waals surface area contributed by atoms with E-state index in [2.05, 4.69) is 15.3 Å². The van der Waals surface area contributed by atoms with Gasteiger partial charge in [-0.25, -0.2) is 4.98 Å². The fourth-order valence-corrected chi connectivity index (χ4v) is 1.39. The molecule has 0 saturated heterocycles. The van der Waals surface area contributed by atoms with E-state index in [1.807, 2.05) is 30.3 Å². The highest BCUT2D eigenvalue weighted by atomic mass is 16.5. The Morgan fingerprint density at radius 2 is 2.00 bits per heavy atom. The van der Waals surface area contributed by atoms with E-state index in [0.717, 1.165) is 24.5 Å². The molecule has 4 heteroatoms. The molecular weight excluding hydrogens is 214 g/mol. The molecule has 0 spiro atoms. The SMILES string of the molecule is c1ccc(OCCCNc2cnccn2)cc1. The smallest absolute Gasteiger partial charge is 0.144 e. The van der Waals surface area contributed by atoms with E-state index in [4.69, 9.17) is 4.74 Å². The summed E-state index contributed by atoms with van der Waals surface area (Å²) in [5.41, 5.74) is 0. The van der Waals surface area contributed by atoms with Crippen LogP contribution in [0.5, 0.6) is 5.75 Å². The summed E-state index contributed by atoms with van der Waals surface area (Å²) in [5, 5.41) is 3.18. The minimum atomic E-state index is 0.692. The summed E-state index contributed by atoms with van der Waals surface area (Å²) in [6.45, 7) is 1.52. The molecule has 1 aromatic heterocycles. The molecule has 1 N–H and O–H groups in total. The lowest BCUT2D eigenvalue weighted by Crippen LogP contribution is -2.08. The molecule has 0 fully saturated rings. The van der Waals surface area contributed by atoms with Crippen LogP contribution in [0, 0.1) is 0 Å².